The van der Waals surface area contributed by atoms with Crippen molar-refractivity contribution < 1.29 is 8.42 Å². The first-order valence-corrected chi connectivity index (χ1v) is 8.65. The zero-order valence-electron chi connectivity index (χ0n) is 11.8. The summed E-state index contributed by atoms with van der Waals surface area (Å²) in [4.78, 5) is 4.72. The Labute approximate surface area is 128 Å². The molecule has 0 unspecified atom stereocenters. The summed E-state index contributed by atoms with van der Waals surface area (Å²) in [5, 5.41) is 8.82. The Morgan fingerprint density at radius 1 is 1.33 bits per heavy atom. The van der Waals surface area contributed by atoms with Gasteiger partial charge in [0.05, 0.1) is 12.2 Å². The Bertz CT molecular complexity index is 776. The molecule has 5 nitrogen and oxygen atoms in total. The highest BCUT2D eigenvalue weighted by atomic mass is 32.2. The minimum absolute atomic E-state index is 0.188. The van der Waals surface area contributed by atoms with Gasteiger partial charge in [-0.15, -0.1) is 11.3 Å². The molecule has 0 fully saturated rings. The molecule has 2 rings (SSSR count). The van der Waals surface area contributed by atoms with Crippen LogP contribution in [0, 0.1) is 18.3 Å². The van der Waals surface area contributed by atoms with E-state index in [1.807, 2.05) is 25.1 Å². The van der Waals surface area contributed by atoms with E-state index in [2.05, 4.69) is 4.98 Å². The van der Waals surface area contributed by atoms with Gasteiger partial charge in [0.15, 0.2) is 0 Å². The van der Waals surface area contributed by atoms with Crippen LogP contribution in [-0.4, -0.2) is 24.3 Å². The third kappa shape index (κ3) is 3.47. The minimum atomic E-state index is -3.59. The van der Waals surface area contributed by atoms with Gasteiger partial charge in [-0.2, -0.15) is 9.57 Å². The molecule has 0 radical (unpaired) electrons. The summed E-state index contributed by atoms with van der Waals surface area (Å²) in [6.07, 6.45) is 0. The molecule has 0 amide bonds. The van der Waals surface area contributed by atoms with Crippen LogP contribution in [0.5, 0.6) is 0 Å². The fourth-order valence-corrected chi connectivity index (χ4v) is 4.56. The topological polar surface area (TPSA) is 74.1 Å². The second-order valence-corrected chi connectivity index (χ2v) is 7.68. The molecule has 0 aliphatic carbocycles. The second kappa shape index (κ2) is 6.35. The van der Waals surface area contributed by atoms with E-state index < -0.39 is 10.0 Å². The average molecular weight is 321 g/mol. The van der Waals surface area contributed by atoms with Crippen LogP contribution in [0.15, 0.2) is 34.5 Å². The van der Waals surface area contributed by atoms with Gasteiger partial charge in [0.2, 0.25) is 0 Å². The zero-order valence-corrected chi connectivity index (χ0v) is 13.4. The van der Waals surface area contributed by atoms with Gasteiger partial charge in [-0.25, -0.2) is 8.42 Å². The quantitative estimate of drug-likeness (QED) is 0.848. The highest BCUT2D eigenvalue weighted by Crippen LogP contribution is 2.25. The van der Waals surface area contributed by atoms with Crippen molar-refractivity contribution in [1.82, 2.24) is 9.29 Å². The summed E-state index contributed by atoms with van der Waals surface area (Å²) in [7, 11) is -3.59. The van der Waals surface area contributed by atoms with Crippen LogP contribution in [0.1, 0.15) is 23.2 Å². The van der Waals surface area contributed by atoms with E-state index in [0.29, 0.717) is 17.1 Å². The van der Waals surface area contributed by atoms with Crippen LogP contribution in [-0.2, 0) is 16.6 Å². The van der Waals surface area contributed by atoms with Gasteiger partial charge < -0.3 is 0 Å². The first kappa shape index (κ1) is 15.6. The summed E-state index contributed by atoms with van der Waals surface area (Å²) >= 11 is 0.986. The SMILES string of the molecule is CCN(Cc1cccc(C)n1)S(=O)(=O)c1ccc(C#N)s1. The predicted octanol–water partition coefficient (Wildman–Crippen LogP) is 2.53. The summed E-state index contributed by atoms with van der Waals surface area (Å²) < 4.78 is 26.7. The van der Waals surface area contributed by atoms with Gasteiger partial charge in [0.1, 0.15) is 15.2 Å². The lowest BCUT2D eigenvalue weighted by Crippen LogP contribution is -2.30. The standard InChI is InChI=1S/C14H15N3O2S2/c1-3-17(10-12-6-4-5-11(2)16-12)21(18,19)14-8-7-13(9-15)20-14/h4-8H,3,10H2,1-2H3. The van der Waals surface area contributed by atoms with E-state index in [1.165, 1.54) is 16.4 Å². The monoisotopic (exact) mass is 321 g/mol. The number of aryl methyl sites for hydroxylation is 1. The fraction of sp³-hybridized carbons (Fsp3) is 0.286. The Morgan fingerprint density at radius 2 is 2.10 bits per heavy atom. The molecule has 2 heterocycles. The van der Waals surface area contributed by atoms with Crippen molar-refractivity contribution in [3.63, 3.8) is 0 Å². The van der Waals surface area contributed by atoms with Gasteiger partial charge in [-0.05, 0) is 31.2 Å². The predicted molar refractivity (Wildman–Crippen MR) is 81.3 cm³/mol. The maximum Gasteiger partial charge on any atom is 0.252 e. The molecule has 0 N–H and O–H groups in total. The van der Waals surface area contributed by atoms with Crippen molar-refractivity contribution in [2.45, 2.75) is 24.6 Å². The lowest BCUT2D eigenvalue weighted by Gasteiger charge is -2.19. The summed E-state index contributed by atoms with van der Waals surface area (Å²) in [5.41, 5.74) is 1.56. The van der Waals surface area contributed by atoms with Crippen molar-refractivity contribution in [2.24, 2.45) is 0 Å². The Kier molecular flexibility index (Phi) is 4.73. The maximum atomic E-state index is 12.6. The fourth-order valence-electron chi connectivity index (χ4n) is 1.88. The Balaban J connectivity index is 2.30. The van der Waals surface area contributed by atoms with E-state index in [4.69, 9.17) is 5.26 Å². The van der Waals surface area contributed by atoms with Crippen LogP contribution < -0.4 is 0 Å². The number of thiophene rings is 1. The lowest BCUT2D eigenvalue weighted by atomic mass is 10.3. The molecule has 110 valence electrons. The molecule has 0 saturated carbocycles. The van der Waals surface area contributed by atoms with E-state index in [0.717, 1.165) is 17.0 Å². The molecular formula is C14H15N3O2S2. The number of hydrogen-bond acceptors (Lipinski definition) is 5. The van der Waals surface area contributed by atoms with Crippen molar-refractivity contribution in [2.75, 3.05) is 6.54 Å². The van der Waals surface area contributed by atoms with E-state index in [-0.39, 0.29) is 10.8 Å². The maximum absolute atomic E-state index is 12.6. The van der Waals surface area contributed by atoms with Crippen LogP contribution in [0.2, 0.25) is 0 Å². The lowest BCUT2D eigenvalue weighted by molar-refractivity contribution is 0.420. The number of aromatic nitrogens is 1. The number of rotatable bonds is 5. The third-order valence-corrected chi connectivity index (χ3v) is 6.30. The van der Waals surface area contributed by atoms with Crippen molar-refractivity contribution in [3.8, 4) is 6.07 Å². The molecule has 0 bridgehead atoms. The molecule has 2 aromatic heterocycles. The number of pyridine rings is 1. The molecule has 0 atom stereocenters. The molecule has 2 aromatic rings. The molecule has 0 spiro atoms. The first-order chi connectivity index (χ1) is 9.97. The molecule has 7 heteroatoms. The van der Waals surface area contributed by atoms with Gasteiger partial charge in [-0.1, -0.05) is 13.0 Å². The van der Waals surface area contributed by atoms with E-state index in [9.17, 15) is 8.42 Å². The van der Waals surface area contributed by atoms with Gasteiger partial charge >= 0.3 is 0 Å². The average Bonchev–Trinajstić information content (AvgIpc) is 2.94. The normalized spacial score (nSPS) is 11.5. The van der Waals surface area contributed by atoms with Crippen molar-refractivity contribution >= 4 is 21.4 Å². The molecule has 0 aromatic carbocycles. The number of sulfonamides is 1. The number of nitrogens with zero attached hydrogens (tertiary/aromatic N) is 3. The van der Waals surface area contributed by atoms with Gasteiger partial charge in [0, 0.05) is 12.2 Å². The summed E-state index contributed by atoms with van der Waals surface area (Å²) in [5.74, 6) is 0. The minimum Gasteiger partial charge on any atom is -0.257 e. The number of nitriles is 1. The molecule has 21 heavy (non-hydrogen) atoms. The summed E-state index contributed by atoms with van der Waals surface area (Å²) in [6.45, 7) is 4.22. The Morgan fingerprint density at radius 3 is 2.67 bits per heavy atom. The van der Waals surface area contributed by atoms with Crippen molar-refractivity contribution in [3.05, 3.63) is 46.6 Å². The van der Waals surface area contributed by atoms with Crippen LogP contribution in [0.3, 0.4) is 0 Å². The first-order valence-electron chi connectivity index (χ1n) is 6.40. The van der Waals surface area contributed by atoms with Gasteiger partial charge in [-0.3, -0.25) is 4.98 Å². The summed E-state index contributed by atoms with van der Waals surface area (Å²) in [6, 6.07) is 10.5. The third-order valence-electron chi connectivity index (χ3n) is 2.92. The molecule has 0 aliphatic heterocycles. The van der Waals surface area contributed by atoms with E-state index in [1.54, 1.807) is 13.0 Å². The smallest absolute Gasteiger partial charge is 0.252 e. The molecule has 0 aliphatic rings. The van der Waals surface area contributed by atoms with Gasteiger partial charge in [0.25, 0.3) is 10.0 Å². The zero-order chi connectivity index (χ0) is 15.5. The number of hydrogen-bond donors (Lipinski definition) is 0. The van der Waals surface area contributed by atoms with Crippen LogP contribution in [0.25, 0.3) is 0 Å². The van der Waals surface area contributed by atoms with Crippen molar-refractivity contribution in [1.29, 1.82) is 5.26 Å². The Hall–Kier alpha value is -1.75. The van der Waals surface area contributed by atoms with Crippen LogP contribution in [0.4, 0.5) is 0 Å². The largest absolute Gasteiger partial charge is 0.257 e. The highest BCUT2D eigenvalue weighted by molar-refractivity contribution is 7.91. The molecule has 0 saturated heterocycles. The van der Waals surface area contributed by atoms with E-state index >= 15 is 0 Å². The molecular weight excluding hydrogens is 306 g/mol. The second-order valence-electron chi connectivity index (χ2n) is 4.43. The van der Waals surface area contributed by atoms with Crippen LogP contribution >= 0.6 is 11.3 Å². The highest BCUT2D eigenvalue weighted by Gasteiger charge is 2.25.